The van der Waals surface area contributed by atoms with E-state index in [1.165, 1.54) is 4.90 Å². The van der Waals surface area contributed by atoms with Gasteiger partial charge in [0.05, 0.1) is 13.2 Å². The molecule has 1 saturated heterocycles. The van der Waals surface area contributed by atoms with Crippen molar-refractivity contribution >= 4 is 35.8 Å². The summed E-state index contributed by atoms with van der Waals surface area (Å²) in [6.45, 7) is 6.73. The van der Waals surface area contributed by atoms with Gasteiger partial charge in [-0.05, 0) is 13.8 Å². The van der Waals surface area contributed by atoms with Crippen LogP contribution in [0.1, 0.15) is 20.3 Å². The summed E-state index contributed by atoms with van der Waals surface area (Å²) in [6, 6.07) is 0. The summed E-state index contributed by atoms with van der Waals surface area (Å²) in [4.78, 5) is 17.3. The molecule has 0 spiro atoms. The number of carbonyl (C=O) groups excluding carboxylic acids is 1. The van der Waals surface area contributed by atoms with Gasteiger partial charge in [-0.3, -0.25) is 4.79 Å². The average Bonchev–Trinajstić information content (AvgIpc) is 2.82. The molecule has 0 aromatic heterocycles. The molecule has 7 nitrogen and oxygen atoms in total. The minimum Gasteiger partial charge on any atom is -0.357 e. The Hall–Kier alpha value is -0.610. The van der Waals surface area contributed by atoms with Crippen molar-refractivity contribution in [2.24, 2.45) is 4.99 Å². The molecule has 0 saturated carbocycles. The van der Waals surface area contributed by atoms with Crippen molar-refractivity contribution in [2.45, 2.75) is 26.1 Å². The standard InChI is InChI=1S/C13H26N4O3.HI/c1-5-14-12(16-10-11(18)17(3)4)15-7-6-13(2)19-8-9-20-13;/h5-10H2,1-4H3,(H2,14,15,16);1H. The van der Waals surface area contributed by atoms with Gasteiger partial charge in [0.15, 0.2) is 11.7 Å². The van der Waals surface area contributed by atoms with Crippen LogP contribution in [0.4, 0.5) is 0 Å². The number of rotatable bonds is 6. The Balaban J connectivity index is 0.00000400. The molecule has 0 radical (unpaired) electrons. The summed E-state index contributed by atoms with van der Waals surface area (Å²) < 4.78 is 11.1. The first-order valence-electron chi connectivity index (χ1n) is 6.97. The highest BCUT2D eigenvalue weighted by Gasteiger charge is 2.30. The van der Waals surface area contributed by atoms with Gasteiger partial charge in [-0.25, -0.2) is 4.99 Å². The lowest BCUT2D eigenvalue weighted by Crippen LogP contribution is -2.41. The van der Waals surface area contributed by atoms with Crippen LogP contribution in [0.2, 0.25) is 0 Å². The van der Waals surface area contributed by atoms with E-state index in [1.54, 1.807) is 14.1 Å². The molecule has 1 heterocycles. The van der Waals surface area contributed by atoms with Crippen LogP contribution in [0, 0.1) is 0 Å². The number of hydrogen-bond acceptors (Lipinski definition) is 4. The molecule has 0 unspecified atom stereocenters. The van der Waals surface area contributed by atoms with E-state index in [0.29, 0.717) is 25.7 Å². The molecule has 0 atom stereocenters. The molecule has 0 bridgehead atoms. The van der Waals surface area contributed by atoms with Crippen molar-refractivity contribution in [2.75, 3.05) is 46.9 Å². The Bertz CT molecular complexity index is 344. The number of ether oxygens (including phenoxy) is 2. The zero-order valence-electron chi connectivity index (χ0n) is 13.3. The number of guanidine groups is 1. The maximum atomic E-state index is 11.5. The highest BCUT2D eigenvalue weighted by Crippen LogP contribution is 2.21. The van der Waals surface area contributed by atoms with Gasteiger partial charge in [-0.2, -0.15) is 0 Å². The Labute approximate surface area is 143 Å². The van der Waals surface area contributed by atoms with Crippen LogP contribution in [-0.2, 0) is 14.3 Å². The lowest BCUT2D eigenvalue weighted by atomic mass is 10.2. The molecule has 1 amide bonds. The van der Waals surface area contributed by atoms with E-state index in [4.69, 9.17) is 9.47 Å². The Morgan fingerprint density at radius 2 is 1.90 bits per heavy atom. The van der Waals surface area contributed by atoms with Gasteiger partial charge in [0, 0.05) is 33.6 Å². The predicted octanol–water partition coefficient (Wildman–Crippen LogP) is 0.401. The van der Waals surface area contributed by atoms with Gasteiger partial charge in [0.2, 0.25) is 5.91 Å². The highest BCUT2D eigenvalue weighted by molar-refractivity contribution is 14.0. The monoisotopic (exact) mass is 414 g/mol. The van der Waals surface area contributed by atoms with Crippen molar-refractivity contribution in [1.29, 1.82) is 0 Å². The number of amides is 1. The van der Waals surface area contributed by atoms with Crippen LogP contribution < -0.4 is 10.6 Å². The second-order valence-electron chi connectivity index (χ2n) is 4.99. The van der Waals surface area contributed by atoms with Crippen molar-refractivity contribution < 1.29 is 14.3 Å². The fraction of sp³-hybridized carbons (Fsp3) is 0.846. The van der Waals surface area contributed by atoms with Crippen molar-refractivity contribution in [3.63, 3.8) is 0 Å². The van der Waals surface area contributed by atoms with E-state index in [9.17, 15) is 4.79 Å². The first-order valence-corrected chi connectivity index (χ1v) is 6.97. The van der Waals surface area contributed by atoms with Gasteiger partial charge < -0.3 is 25.0 Å². The van der Waals surface area contributed by atoms with Crippen LogP contribution in [-0.4, -0.2) is 69.5 Å². The average molecular weight is 414 g/mol. The summed E-state index contributed by atoms with van der Waals surface area (Å²) >= 11 is 0. The van der Waals surface area contributed by atoms with E-state index in [-0.39, 0.29) is 36.4 Å². The van der Waals surface area contributed by atoms with E-state index in [2.05, 4.69) is 15.6 Å². The van der Waals surface area contributed by atoms with Gasteiger partial charge in [-0.15, -0.1) is 24.0 Å². The number of nitrogens with zero attached hydrogens (tertiary/aromatic N) is 2. The molecule has 21 heavy (non-hydrogen) atoms. The summed E-state index contributed by atoms with van der Waals surface area (Å²) in [6.07, 6.45) is 0.721. The number of carbonyl (C=O) groups is 1. The van der Waals surface area contributed by atoms with E-state index >= 15 is 0 Å². The van der Waals surface area contributed by atoms with Crippen LogP contribution >= 0.6 is 24.0 Å². The molecule has 8 heteroatoms. The largest absolute Gasteiger partial charge is 0.357 e. The van der Waals surface area contributed by atoms with Crippen molar-refractivity contribution in [3.8, 4) is 0 Å². The Morgan fingerprint density at radius 3 is 2.43 bits per heavy atom. The lowest BCUT2D eigenvalue weighted by Gasteiger charge is -2.22. The second-order valence-corrected chi connectivity index (χ2v) is 4.99. The molecule has 1 aliphatic rings. The van der Waals surface area contributed by atoms with E-state index < -0.39 is 5.79 Å². The van der Waals surface area contributed by atoms with Crippen LogP contribution in [0.5, 0.6) is 0 Å². The van der Waals surface area contributed by atoms with E-state index in [0.717, 1.165) is 13.0 Å². The normalized spacial score (nSPS) is 17.0. The fourth-order valence-electron chi connectivity index (χ4n) is 1.74. The molecule has 1 fully saturated rings. The zero-order chi connectivity index (χ0) is 15.0. The molecule has 0 aromatic rings. The quantitative estimate of drug-likeness (QED) is 0.374. The molecule has 1 aliphatic heterocycles. The fourth-order valence-corrected chi connectivity index (χ4v) is 1.74. The Morgan fingerprint density at radius 1 is 1.29 bits per heavy atom. The number of aliphatic imine (C=N–C) groups is 1. The number of hydrogen-bond donors (Lipinski definition) is 2. The molecule has 124 valence electrons. The summed E-state index contributed by atoms with van der Waals surface area (Å²) in [7, 11) is 3.43. The molecule has 0 aromatic carbocycles. The van der Waals surface area contributed by atoms with Crippen LogP contribution in [0.3, 0.4) is 0 Å². The minimum absolute atomic E-state index is 0. The third kappa shape index (κ3) is 7.82. The maximum absolute atomic E-state index is 11.5. The molecule has 1 rings (SSSR count). The van der Waals surface area contributed by atoms with Crippen molar-refractivity contribution in [3.05, 3.63) is 0 Å². The van der Waals surface area contributed by atoms with Crippen LogP contribution in [0.25, 0.3) is 0 Å². The first kappa shape index (κ1) is 20.4. The van der Waals surface area contributed by atoms with Gasteiger partial charge in [0.25, 0.3) is 0 Å². The summed E-state index contributed by atoms with van der Waals surface area (Å²) in [5.74, 6) is 0.0879. The van der Waals surface area contributed by atoms with Gasteiger partial charge in [-0.1, -0.05) is 0 Å². The smallest absolute Gasteiger partial charge is 0.243 e. The lowest BCUT2D eigenvalue weighted by molar-refractivity contribution is -0.145. The molecular weight excluding hydrogens is 387 g/mol. The molecular formula is C13H27IN4O3. The van der Waals surface area contributed by atoms with E-state index in [1.807, 2.05) is 13.8 Å². The first-order chi connectivity index (χ1) is 9.47. The van der Waals surface area contributed by atoms with Gasteiger partial charge in [0.1, 0.15) is 6.54 Å². The summed E-state index contributed by atoms with van der Waals surface area (Å²) in [5, 5.41) is 6.28. The minimum atomic E-state index is -0.510. The topological polar surface area (TPSA) is 75.2 Å². The predicted molar refractivity (Wildman–Crippen MR) is 93.0 cm³/mol. The van der Waals surface area contributed by atoms with Crippen molar-refractivity contribution in [1.82, 2.24) is 15.5 Å². The Kier molecular flexibility index (Phi) is 9.88. The number of nitrogens with one attached hydrogen (secondary N) is 2. The summed E-state index contributed by atoms with van der Waals surface area (Å²) in [5.41, 5.74) is 0. The van der Waals surface area contributed by atoms with Crippen LogP contribution in [0.15, 0.2) is 4.99 Å². The zero-order valence-corrected chi connectivity index (χ0v) is 15.6. The third-order valence-corrected chi connectivity index (χ3v) is 2.99. The number of likely N-dealkylation sites (N-methyl/N-ethyl adjacent to an activating group) is 1. The van der Waals surface area contributed by atoms with Gasteiger partial charge >= 0.3 is 0 Å². The SMILES string of the molecule is CCNC(=NCC(=O)N(C)C)NCCC1(C)OCCO1.I. The highest BCUT2D eigenvalue weighted by atomic mass is 127. The maximum Gasteiger partial charge on any atom is 0.243 e. The number of halogens is 1. The molecule has 2 N–H and O–H groups in total. The molecule has 0 aliphatic carbocycles. The third-order valence-electron chi connectivity index (χ3n) is 2.99. The second kappa shape index (κ2) is 10.2.